The number of fused-ring (bicyclic) bond motifs is 1. The first-order chi connectivity index (χ1) is 15.2. The first kappa shape index (κ1) is 25.2. The zero-order chi connectivity index (χ0) is 23.0. The molecule has 1 atom stereocenters. The lowest BCUT2D eigenvalue weighted by atomic mass is 9.94. The average Bonchev–Trinajstić information content (AvgIpc) is 3.34. The molecule has 0 spiro atoms. The van der Waals surface area contributed by atoms with Crippen molar-refractivity contribution in [1.29, 1.82) is 0 Å². The number of nitrogens with two attached hydrogens (primary N) is 2. The number of nitrogens with zero attached hydrogens (tertiary/aromatic N) is 2. The van der Waals surface area contributed by atoms with E-state index in [1.807, 2.05) is 0 Å². The van der Waals surface area contributed by atoms with Crippen molar-refractivity contribution in [1.82, 2.24) is 15.1 Å². The molecule has 1 amide bonds. The van der Waals surface area contributed by atoms with E-state index in [1.54, 1.807) is 35.2 Å². The first-order valence-corrected chi connectivity index (χ1v) is 12.1. The van der Waals surface area contributed by atoms with Crippen molar-refractivity contribution in [3.8, 4) is 11.3 Å². The third kappa shape index (κ3) is 5.07. The Balaban J connectivity index is 0.00000306. The highest BCUT2D eigenvalue weighted by atomic mass is 35.5. The van der Waals surface area contributed by atoms with E-state index < -0.39 is 15.9 Å². The Morgan fingerprint density at radius 1 is 1.12 bits per heavy atom. The highest BCUT2D eigenvalue weighted by molar-refractivity contribution is 7.89. The molecule has 11 heteroatoms. The zero-order valence-corrected chi connectivity index (χ0v) is 19.2. The summed E-state index contributed by atoms with van der Waals surface area (Å²) >= 11 is 12.2. The Morgan fingerprint density at radius 3 is 2.42 bits per heavy atom. The van der Waals surface area contributed by atoms with Crippen LogP contribution in [-0.2, 0) is 27.9 Å². The maximum atomic E-state index is 13.4. The van der Waals surface area contributed by atoms with Crippen LogP contribution >= 0.6 is 23.2 Å². The molecular weight excluding hydrogens is 485 g/mol. The van der Waals surface area contributed by atoms with Gasteiger partial charge in [-0.15, -0.1) is 0 Å². The topological polar surface area (TPSA) is 135 Å². The van der Waals surface area contributed by atoms with Crippen molar-refractivity contribution in [2.24, 2.45) is 10.9 Å². The van der Waals surface area contributed by atoms with Gasteiger partial charge in [0, 0.05) is 11.1 Å². The molecule has 5 N–H and O–H groups in total. The second-order valence-electron chi connectivity index (χ2n) is 7.60. The van der Waals surface area contributed by atoms with Gasteiger partial charge >= 0.3 is 0 Å². The van der Waals surface area contributed by atoms with Gasteiger partial charge in [-0.25, -0.2) is 13.6 Å². The molecule has 8 nitrogen and oxygen atoms in total. The van der Waals surface area contributed by atoms with Crippen LogP contribution in [0.4, 0.5) is 0 Å². The molecule has 0 radical (unpaired) electrons. The smallest absolute Gasteiger partial charge is 0.238 e. The number of rotatable bonds is 6. The summed E-state index contributed by atoms with van der Waals surface area (Å²) in [6, 6.07) is 11.3. The summed E-state index contributed by atoms with van der Waals surface area (Å²) in [6.07, 6.45) is 0.474. The summed E-state index contributed by atoms with van der Waals surface area (Å²) in [5.41, 5.74) is 9.67. The van der Waals surface area contributed by atoms with Gasteiger partial charge in [-0.2, -0.15) is 5.10 Å². The van der Waals surface area contributed by atoms with Crippen LogP contribution in [0, 0.1) is 0 Å². The number of H-pyrrole nitrogens is 1. The molecule has 0 aliphatic carbocycles. The molecule has 0 bridgehead atoms. The number of hydrogen-bond donors (Lipinski definition) is 3. The molecule has 2 heterocycles. The Hall–Kier alpha value is -2.43. The van der Waals surface area contributed by atoms with E-state index in [1.165, 1.54) is 12.1 Å². The van der Waals surface area contributed by atoms with Gasteiger partial charge in [0.2, 0.25) is 15.9 Å². The number of sulfonamides is 1. The van der Waals surface area contributed by atoms with Gasteiger partial charge in [0.1, 0.15) is 0 Å². The standard InChI is InChI=1S/C21H21Cl2N5O3S.CH4/c22-17-6-3-13(9-18(17)23)15(7-8-24)21(29)28-10-16-19(11-28)26-27-20(16)12-1-4-14(5-2-12)32(25,30)31;/h1-6,9,15H,7-8,10-11,24H2,(H,26,27)(H2,25,30,31);1H4. The molecule has 0 fully saturated rings. The molecule has 4 rings (SSSR count). The molecule has 33 heavy (non-hydrogen) atoms. The van der Waals surface area contributed by atoms with Crippen LogP contribution in [0.2, 0.25) is 10.0 Å². The van der Waals surface area contributed by atoms with E-state index in [4.69, 9.17) is 34.1 Å². The molecule has 1 aromatic heterocycles. The van der Waals surface area contributed by atoms with Gasteiger partial charge in [-0.1, -0.05) is 48.8 Å². The first-order valence-electron chi connectivity index (χ1n) is 9.82. The summed E-state index contributed by atoms with van der Waals surface area (Å²) in [4.78, 5) is 15.1. The predicted molar refractivity (Wildman–Crippen MR) is 129 cm³/mol. The Labute approximate surface area is 202 Å². The molecule has 2 aromatic carbocycles. The number of benzene rings is 2. The lowest BCUT2D eigenvalue weighted by molar-refractivity contribution is -0.133. The number of halogens is 2. The van der Waals surface area contributed by atoms with E-state index in [9.17, 15) is 13.2 Å². The van der Waals surface area contributed by atoms with Crippen LogP contribution in [0.25, 0.3) is 11.3 Å². The van der Waals surface area contributed by atoms with E-state index in [2.05, 4.69) is 10.2 Å². The minimum atomic E-state index is -3.78. The number of primary sulfonamides is 1. The van der Waals surface area contributed by atoms with Crippen molar-refractivity contribution in [3.63, 3.8) is 0 Å². The predicted octanol–water partition coefficient (Wildman–Crippen LogP) is 3.64. The lowest BCUT2D eigenvalue weighted by Crippen LogP contribution is -2.32. The maximum absolute atomic E-state index is 13.4. The fourth-order valence-corrected chi connectivity index (χ4v) is 4.71. The molecule has 0 saturated heterocycles. The van der Waals surface area contributed by atoms with Crippen molar-refractivity contribution in [3.05, 3.63) is 69.3 Å². The number of carbonyl (C=O) groups excluding carboxylic acids is 1. The number of aromatic amines is 1. The number of nitrogens with one attached hydrogen (secondary N) is 1. The van der Waals surface area contributed by atoms with Crippen LogP contribution in [0.1, 0.15) is 36.6 Å². The molecule has 176 valence electrons. The Bertz CT molecular complexity index is 1280. The van der Waals surface area contributed by atoms with Crippen molar-refractivity contribution in [2.75, 3.05) is 6.54 Å². The van der Waals surface area contributed by atoms with Crippen LogP contribution < -0.4 is 10.9 Å². The SMILES string of the molecule is C.NCCC(C(=O)N1Cc2[nH]nc(-c3ccc(S(N)(=O)=O)cc3)c2C1)c1ccc(Cl)c(Cl)c1. The lowest BCUT2D eigenvalue weighted by Gasteiger charge is -2.23. The molecule has 0 saturated carbocycles. The summed E-state index contributed by atoms with van der Waals surface area (Å²) in [5, 5.41) is 13.3. The number of carbonyl (C=O) groups is 1. The fraction of sp³-hybridized carbons (Fsp3) is 0.273. The Kier molecular flexibility index (Phi) is 7.50. The van der Waals surface area contributed by atoms with Gasteiger partial charge in [-0.3, -0.25) is 9.89 Å². The van der Waals surface area contributed by atoms with Crippen LogP contribution in [0.15, 0.2) is 47.4 Å². The second kappa shape index (κ2) is 9.82. The van der Waals surface area contributed by atoms with Crippen molar-refractivity contribution < 1.29 is 13.2 Å². The van der Waals surface area contributed by atoms with Crippen LogP contribution in [-0.4, -0.2) is 36.0 Å². The third-order valence-electron chi connectivity index (χ3n) is 5.52. The molecule has 1 aliphatic heterocycles. The second-order valence-corrected chi connectivity index (χ2v) is 9.97. The van der Waals surface area contributed by atoms with Gasteiger partial charge in [0.05, 0.1) is 45.3 Å². The zero-order valence-electron chi connectivity index (χ0n) is 16.9. The largest absolute Gasteiger partial charge is 0.332 e. The number of hydrogen-bond acceptors (Lipinski definition) is 5. The highest BCUT2D eigenvalue weighted by Crippen LogP contribution is 2.35. The van der Waals surface area contributed by atoms with Gasteiger partial charge < -0.3 is 10.6 Å². The minimum absolute atomic E-state index is 0. The maximum Gasteiger partial charge on any atom is 0.238 e. The fourth-order valence-electron chi connectivity index (χ4n) is 3.89. The van der Waals surface area contributed by atoms with Crippen LogP contribution in [0.3, 0.4) is 0 Å². The van der Waals surface area contributed by atoms with Crippen molar-refractivity contribution in [2.45, 2.75) is 37.8 Å². The van der Waals surface area contributed by atoms with E-state index in [0.717, 1.165) is 22.4 Å². The summed E-state index contributed by atoms with van der Waals surface area (Å²) < 4.78 is 23.0. The molecule has 1 aliphatic rings. The molecular formula is C22H25Cl2N5O3S. The van der Waals surface area contributed by atoms with Crippen molar-refractivity contribution >= 4 is 39.1 Å². The monoisotopic (exact) mass is 509 g/mol. The van der Waals surface area contributed by atoms with Gasteiger partial charge in [0.25, 0.3) is 0 Å². The van der Waals surface area contributed by atoms with E-state index in [-0.39, 0.29) is 18.2 Å². The highest BCUT2D eigenvalue weighted by Gasteiger charge is 2.33. The molecule has 1 unspecified atom stereocenters. The number of aromatic nitrogens is 2. The van der Waals surface area contributed by atoms with Crippen LogP contribution in [0.5, 0.6) is 0 Å². The quantitative estimate of drug-likeness (QED) is 0.465. The van der Waals surface area contributed by atoms with E-state index in [0.29, 0.717) is 41.8 Å². The summed E-state index contributed by atoms with van der Waals surface area (Å²) in [5.74, 6) is -0.502. The summed E-state index contributed by atoms with van der Waals surface area (Å²) in [7, 11) is -3.78. The van der Waals surface area contributed by atoms with Gasteiger partial charge in [-0.05, 0) is 42.8 Å². The third-order valence-corrected chi connectivity index (χ3v) is 7.19. The molecule has 3 aromatic rings. The normalized spacial score (nSPS) is 14.0. The minimum Gasteiger partial charge on any atom is -0.332 e. The van der Waals surface area contributed by atoms with Gasteiger partial charge in [0.15, 0.2) is 0 Å². The average molecular weight is 510 g/mol. The Morgan fingerprint density at radius 2 is 1.82 bits per heavy atom. The summed E-state index contributed by atoms with van der Waals surface area (Å²) in [6.45, 7) is 1.11. The van der Waals surface area contributed by atoms with E-state index >= 15 is 0 Å². The number of amides is 1.